The van der Waals surface area contributed by atoms with Crippen LogP contribution < -0.4 is 5.32 Å². The Morgan fingerprint density at radius 3 is 2.65 bits per heavy atom. The van der Waals surface area contributed by atoms with Gasteiger partial charge in [0.1, 0.15) is 5.58 Å². The molecule has 4 aromatic rings. The Morgan fingerprint density at radius 1 is 0.913 bits per heavy atom. The lowest BCUT2D eigenvalue weighted by Gasteiger charge is -2.07. The molecule has 0 aliphatic heterocycles. The van der Waals surface area contributed by atoms with Gasteiger partial charge in [-0.3, -0.25) is 4.79 Å². The summed E-state index contributed by atoms with van der Waals surface area (Å²) in [5, 5.41) is 5.91. The molecule has 1 aromatic heterocycles. The van der Waals surface area contributed by atoms with Crippen LogP contribution in [0.25, 0.3) is 21.7 Å². The lowest BCUT2D eigenvalue weighted by Crippen LogP contribution is -2.11. The van der Waals surface area contributed by atoms with Gasteiger partial charge in [0.25, 0.3) is 5.91 Å². The Labute approximate surface area is 141 Å². The fourth-order valence-electron chi connectivity index (χ4n) is 2.64. The molecule has 0 atom stereocenters. The molecule has 4 heteroatoms. The average molecular weight is 366 g/mol. The molecule has 4 rings (SSSR count). The number of carbonyl (C=O) groups is 1. The molecule has 1 heterocycles. The van der Waals surface area contributed by atoms with Gasteiger partial charge in [-0.25, -0.2) is 0 Å². The summed E-state index contributed by atoms with van der Waals surface area (Å²) >= 11 is 3.42. The largest absolute Gasteiger partial charge is 0.451 e. The van der Waals surface area contributed by atoms with Crippen molar-refractivity contribution >= 4 is 49.3 Å². The summed E-state index contributed by atoms with van der Waals surface area (Å²) in [6, 6.07) is 21.2. The van der Waals surface area contributed by atoms with Crippen molar-refractivity contribution in [1.29, 1.82) is 0 Å². The Balaban J connectivity index is 1.70. The molecule has 0 spiro atoms. The smallest absolute Gasteiger partial charge is 0.291 e. The van der Waals surface area contributed by atoms with Crippen LogP contribution in [0.5, 0.6) is 0 Å². The van der Waals surface area contributed by atoms with E-state index in [0.29, 0.717) is 11.3 Å². The summed E-state index contributed by atoms with van der Waals surface area (Å²) in [6.07, 6.45) is 0. The second-order valence-electron chi connectivity index (χ2n) is 5.27. The van der Waals surface area contributed by atoms with E-state index >= 15 is 0 Å². The highest BCUT2D eigenvalue weighted by atomic mass is 79.9. The molecular weight excluding hydrogens is 354 g/mol. The molecule has 0 radical (unpaired) electrons. The zero-order chi connectivity index (χ0) is 15.8. The van der Waals surface area contributed by atoms with Crippen molar-refractivity contribution in [3.8, 4) is 0 Å². The monoisotopic (exact) mass is 365 g/mol. The summed E-state index contributed by atoms with van der Waals surface area (Å²) in [4.78, 5) is 12.5. The summed E-state index contributed by atoms with van der Waals surface area (Å²) in [6.45, 7) is 0. The highest BCUT2D eigenvalue weighted by Crippen LogP contribution is 2.26. The molecule has 0 saturated heterocycles. The quantitative estimate of drug-likeness (QED) is 0.502. The molecular formula is C19H12BrNO2. The number of furan rings is 1. The predicted octanol–water partition coefficient (Wildman–Crippen LogP) is 5.60. The number of halogens is 1. The first-order chi connectivity index (χ1) is 11.2. The van der Waals surface area contributed by atoms with Gasteiger partial charge in [-0.2, -0.15) is 0 Å². The minimum Gasteiger partial charge on any atom is -0.451 e. The average Bonchev–Trinajstić information content (AvgIpc) is 2.98. The number of hydrogen-bond donors (Lipinski definition) is 1. The van der Waals surface area contributed by atoms with Gasteiger partial charge in [0.15, 0.2) is 5.76 Å². The van der Waals surface area contributed by atoms with E-state index in [-0.39, 0.29) is 5.91 Å². The molecule has 0 fully saturated rings. The molecule has 0 bridgehead atoms. The molecule has 112 valence electrons. The van der Waals surface area contributed by atoms with Gasteiger partial charge in [0.05, 0.1) is 0 Å². The van der Waals surface area contributed by atoms with Crippen molar-refractivity contribution in [3.63, 3.8) is 0 Å². The standard InChI is InChI=1S/C19H12BrNO2/c20-14-8-9-17-13(10-14)11-18(23-17)19(22)21-16-7-3-5-12-4-1-2-6-15(12)16/h1-11H,(H,21,22). The Kier molecular flexibility index (Phi) is 3.39. The Hall–Kier alpha value is -2.59. The van der Waals surface area contributed by atoms with Gasteiger partial charge >= 0.3 is 0 Å². The maximum absolute atomic E-state index is 12.5. The van der Waals surface area contributed by atoms with Crippen LogP contribution >= 0.6 is 15.9 Å². The summed E-state index contributed by atoms with van der Waals surface area (Å²) in [5.41, 5.74) is 1.46. The van der Waals surface area contributed by atoms with Crippen LogP contribution in [-0.4, -0.2) is 5.91 Å². The van der Waals surface area contributed by atoms with Gasteiger partial charge in [-0.15, -0.1) is 0 Å². The molecule has 3 nitrogen and oxygen atoms in total. The lowest BCUT2D eigenvalue weighted by atomic mass is 10.1. The van der Waals surface area contributed by atoms with E-state index < -0.39 is 0 Å². The highest BCUT2D eigenvalue weighted by molar-refractivity contribution is 9.10. The van der Waals surface area contributed by atoms with Gasteiger partial charge < -0.3 is 9.73 Å². The van der Waals surface area contributed by atoms with E-state index in [1.54, 1.807) is 6.07 Å². The SMILES string of the molecule is O=C(Nc1cccc2ccccc12)c1cc2cc(Br)ccc2o1. The first-order valence-corrected chi connectivity index (χ1v) is 7.98. The van der Waals surface area contributed by atoms with Crippen molar-refractivity contribution in [2.75, 3.05) is 5.32 Å². The van der Waals surface area contributed by atoms with Crippen LogP contribution in [0, 0.1) is 0 Å². The van der Waals surface area contributed by atoms with E-state index in [1.165, 1.54) is 0 Å². The van der Waals surface area contributed by atoms with Crippen molar-refractivity contribution in [1.82, 2.24) is 0 Å². The van der Waals surface area contributed by atoms with Crippen LogP contribution in [0.2, 0.25) is 0 Å². The topological polar surface area (TPSA) is 42.2 Å². The third-order valence-electron chi connectivity index (χ3n) is 3.74. The number of nitrogens with one attached hydrogen (secondary N) is 1. The third kappa shape index (κ3) is 2.62. The number of carbonyl (C=O) groups excluding carboxylic acids is 1. The zero-order valence-corrected chi connectivity index (χ0v) is 13.6. The molecule has 0 unspecified atom stereocenters. The summed E-state index contributed by atoms with van der Waals surface area (Å²) in [7, 11) is 0. The molecule has 1 amide bonds. The first kappa shape index (κ1) is 14.0. The van der Waals surface area contributed by atoms with E-state index in [4.69, 9.17) is 4.42 Å². The second kappa shape index (κ2) is 5.56. The Morgan fingerprint density at radius 2 is 1.74 bits per heavy atom. The van der Waals surface area contributed by atoms with Crippen LogP contribution in [0.1, 0.15) is 10.6 Å². The maximum atomic E-state index is 12.5. The van der Waals surface area contributed by atoms with E-state index in [9.17, 15) is 4.79 Å². The number of hydrogen-bond acceptors (Lipinski definition) is 2. The van der Waals surface area contributed by atoms with Crippen LogP contribution in [0.4, 0.5) is 5.69 Å². The number of anilines is 1. The van der Waals surface area contributed by atoms with E-state index in [1.807, 2.05) is 60.7 Å². The van der Waals surface area contributed by atoms with Gasteiger partial charge in [0, 0.05) is 20.9 Å². The fraction of sp³-hybridized carbons (Fsp3) is 0. The molecule has 0 aliphatic rings. The molecule has 3 aromatic carbocycles. The fourth-order valence-corrected chi connectivity index (χ4v) is 3.02. The van der Waals surface area contributed by atoms with Crippen LogP contribution in [-0.2, 0) is 0 Å². The number of amides is 1. The number of rotatable bonds is 2. The number of benzene rings is 3. The summed E-state index contributed by atoms with van der Waals surface area (Å²) < 4.78 is 6.59. The normalized spacial score (nSPS) is 11.0. The van der Waals surface area contributed by atoms with Gasteiger partial charge in [-0.1, -0.05) is 52.3 Å². The van der Waals surface area contributed by atoms with E-state index in [2.05, 4.69) is 21.2 Å². The highest BCUT2D eigenvalue weighted by Gasteiger charge is 2.13. The van der Waals surface area contributed by atoms with Crippen molar-refractivity contribution < 1.29 is 9.21 Å². The van der Waals surface area contributed by atoms with Crippen molar-refractivity contribution in [2.45, 2.75) is 0 Å². The van der Waals surface area contributed by atoms with Crippen LogP contribution in [0.3, 0.4) is 0 Å². The lowest BCUT2D eigenvalue weighted by molar-refractivity contribution is 0.0999. The van der Waals surface area contributed by atoms with E-state index in [0.717, 1.165) is 26.3 Å². The predicted molar refractivity (Wildman–Crippen MR) is 95.8 cm³/mol. The third-order valence-corrected chi connectivity index (χ3v) is 4.23. The minimum absolute atomic E-state index is 0.256. The minimum atomic E-state index is -0.256. The van der Waals surface area contributed by atoms with Crippen LogP contribution in [0.15, 0.2) is 75.6 Å². The van der Waals surface area contributed by atoms with Crippen molar-refractivity contribution in [2.24, 2.45) is 0 Å². The molecule has 0 saturated carbocycles. The zero-order valence-electron chi connectivity index (χ0n) is 12.0. The summed E-state index contributed by atoms with van der Waals surface area (Å²) in [5.74, 6) is 0.0414. The number of fused-ring (bicyclic) bond motifs is 2. The Bertz CT molecular complexity index is 1030. The second-order valence-corrected chi connectivity index (χ2v) is 6.19. The van der Waals surface area contributed by atoms with Gasteiger partial charge in [-0.05, 0) is 35.7 Å². The molecule has 23 heavy (non-hydrogen) atoms. The van der Waals surface area contributed by atoms with Crippen molar-refractivity contribution in [3.05, 3.63) is 77.0 Å². The maximum Gasteiger partial charge on any atom is 0.291 e. The molecule has 0 aliphatic carbocycles. The first-order valence-electron chi connectivity index (χ1n) is 7.19. The van der Waals surface area contributed by atoms with Gasteiger partial charge in [0.2, 0.25) is 0 Å². The molecule has 1 N–H and O–H groups in total.